The Morgan fingerprint density at radius 1 is 1.06 bits per heavy atom. The smallest absolute Gasteiger partial charge is 0.335 e. The van der Waals surface area contributed by atoms with Crippen LogP contribution in [-0.4, -0.2) is 22.2 Å². The molecule has 1 aromatic rings. The maximum atomic E-state index is 10.6. The van der Waals surface area contributed by atoms with Crippen molar-refractivity contribution < 1.29 is 19.8 Å². The lowest BCUT2D eigenvalue weighted by Crippen LogP contribution is -2.06. The Morgan fingerprint density at radius 2 is 1.38 bits per heavy atom. The van der Waals surface area contributed by atoms with Crippen molar-refractivity contribution in [1.82, 2.24) is 0 Å². The zero-order valence-electron chi connectivity index (χ0n) is 9.65. The highest BCUT2D eigenvalue weighted by Gasteiger charge is 2.13. The van der Waals surface area contributed by atoms with Crippen LogP contribution in [0, 0.1) is 6.92 Å². The van der Waals surface area contributed by atoms with E-state index < -0.39 is 11.9 Å². The number of aromatic carboxylic acids is 2. The van der Waals surface area contributed by atoms with Crippen molar-refractivity contribution in [2.24, 2.45) is 0 Å². The maximum absolute atomic E-state index is 10.6. The monoisotopic (exact) mass is 224 g/mol. The van der Waals surface area contributed by atoms with E-state index in [2.05, 4.69) is 13.8 Å². The molecule has 1 aromatic carbocycles. The highest BCUT2D eigenvalue weighted by Crippen LogP contribution is 2.13. The summed E-state index contributed by atoms with van der Waals surface area (Å²) in [5.74, 6) is -2.22. The Labute approximate surface area is 94.5 Å². The summed E-state index contributed by atoms with van der Waals surface area (Å²) in [7, 11) is 0. The molecule has 0 fully saturated rings. The van der Waals surface area contributed by atoms with E-state index in [1.165, 1.54) is 31.5 Å². The first-order chi connectivity index (χ1) is 7.45. The first-order valence-electron chi connectivity index (χ1n) is 5.01. The molecule has 88 valence electrons. The van der Waals surface area contributed by atoms with Crippen LogP contribution in [0.15, 0.2) is 18.2 Å². The molecule has 0 aliphatic carbocycles. The van der Waals surface area contributed by atoms with Crippen LogP contribution >= 0.6 is 0 Å². The van der Waals surface area contributed by atoms with E-state index in [1.54, 1.807) is 0 Å². The zero-order valence-corrected chi connectivity index (χ0v) is 9.65. The van der Waals surface area contributed by atoms with Gasteiger partial charge in [0.2, 0.25) is 0 Å². The minimum atomic E-state index is -1.11. The van der Waals surface area contributed by atoms with Crippen molar-refractivity contribution in [3.05, 3.63) is 34.9 Å². The highest BCUT2D eigenvalue weighted by atomic mass is 16.4. The van der Waals surface area contributed by atoms with Gasteiger partial charge >= 0.3 is 11.9 Å². The fraction of sp³-hybridized carbons (Fsp3) is 0.333. The van der Waals surface area contributed by atoms with Crippen LogP contribution in [0.25, 0.3) is 0 Å². The second-order valence-electron chi connectivity index (χ2n) is 3.30. The Morgan fingerprint density at radius 3 is 1.62 bits per heavy atom. The largest absolute Gasteiger partial charge is 0.478 e. The molecule has 0 unspecified atom stereocenters. The number of hydrogen-bond donors (Lipinski definition) is 2. The summed E-state index contributed by atoms with van der Waals surface area (Å²) in [6.45, 7) is 5.73. The normalized spacial score (nSPS) is 8.94. The van der Waals surface area contributed by atoms with E-state index in [4.69, 9.17) is 10.2 Å². The summed E-state index contributed by atoms with van der Waals surface area (Å²) in [6, 6.07) is 4.17. The number of rotatable bonds is 2. The van der Waals surface area contributed by atoms with Crippen LogP contribution in [-0.2, 0) is 0 Å². The van der Waals surface area contributed by atoms with Crippen LogP contribution in [0.4, 0.5) is 0 Å². The second kappa shape index (κ2) is 6.61. The van der Waals surface area contributed by atoms with Gasteiger partial charge in [-0.2, -0.15) is 0 Å². The van der Waals surface area contributed by atoms with Gasteiger partial charge in [0.1, 0.15) is 0 Å². The van der Waals surface area contributed by atoms with E-state index in [9.17, 15) is 9.59 Å². The minimum absolute atomic E-state index is 0.0277. The molecule has 0 saturated carbocycles. The first kappa shape index (κ1) is 14.2. The van der Waals surface area contributed by atoms with Gasteiger partial charge in [-0.1, -0.05) is 26.3 Å². The van der Waals surface area contributed by atoms with Gasteiger partial charge in [-0.15, -0.1) is 0 Å². The molecule has 0 amide bonds. The van der Waals surface area contributed by atoms with Crippen LogP contribution in [0.5, 0.6) is 0 Å². The number of benzene rings is 1. The average molecular weight is 224 g/mol. The van der Waals surface area contributed by atoms with Gasteiger partial charge in [0.05, 0.1) is 11.1 Å². The van der Waals surface area contributed by atoms with Crippen molar-refractivity contribution >= 4 is 11.9 Å². The quantitative estimate of drug-likeness (QED) is 0.810. The highest BCUT2D eigenvalue weighted by molar-refractivity contribution is 5.96. The molecule has 0 aliphatic heterocycles. The zero-order chi connectivity index (χ0) is 12.7. The number of carbonyl (C=O) groups is 2. The molecule has 0 spiro atoms. The standard InChI is InChI=1S/C9H8O4.C3H8/c1-5-6(8(10)11)3-2-4-7(5)9(12)13;1-3-2/h2-4H,1H3,(H,10,11)(H,12,13);3H2,1-2H3. The van der Waals surface area contributed by atoms with Crippen LogP contribution in [0.2, 0.25) is 0 Å². The lowest BCUT2D eigenvalue weighted by atomic mass is 10.0. The fourth-order valence-electron chi connectivity index (χ4n) is 1.10. The number of carboxylic acids is 2. The number of carboxylic acid groups (broad SMARTS) is 2. The lowest BCUT2D eigenvalue weighted by Gasteiger charge is -2.03. The molecule has 4 heteroatoms. The van der Waals surface area contributed by atoms with Gasteiger partial charge in [-0.25, -0.2) is 9.59 Å². The predicted octanol–water partition coefficient (Wildman–Crippen LogP) is 2.81. The van der Waals surface area contributed by atoms with Crippen LogP contribution < -0.4 is 0 Å². The third-order valence-electron chi connectivity index (χ3n) is 1.79. The molecular formula is C12H16O4. The van der Waals surface area contributed by atoms with E-state index in [-0.39, 0.29) is 16.7 Å². The molecule has 0 aliphatic rings. The third-order valence-corrected chi connectivity index (χ3v) is 1.79. The number of hydrogen-bond acceptors (Lipinski definition) is 2. The molecule has 0 aromatic heterocycles. The molecule has 16 heavy (non-hydrogen) atoms. The van der Waals surface area contributed by atoms with Crippen LogP contribution in [0.1, 0.15) is 46.5 Å². The Kier molecular flexibility index (Phi) is 5.85. The lowest BCUT2D eigenvalue weighted by molar-refractivity contribution is 0.0696. The van der Waals surface area contributed by atoms with Crippen molar-refractivity contribution in [2.45, 2.75) is 27.2 Å². The van der Waals surface area contributed by atoms with E-state index >= 15 is 0 Å². The van der Waals surface area contributed by atoms with Crippen molar-refractivity contribution in [3.8, 4) is 0 Å². The van der Waals surface area contributed by atoms with Crippen LogP contribution in [0.3, 0.4) is 0 Å². The fourth-order valence-corrected chi connectivity index (χ4v) is 1.10. The van der Waals surface area contributed by atoms with Crippen molar-refractivity contribution in [3.63, 3.8) is 0 Å². The van der Waals surface area contributed by atoms with Gasteiger partial charge in [0.15, 0.2) is 0 Å². The molecule has 0 heterocycles. The molecule has 0 saturated heterocycles. The van der Waals surface area contributed by atoms with Crippen molar-refractivity contribution in [1.29, 1.82) is 0 Å². The molecule has 2 N–H and O–H groups in total. The summed E-state index contributed by atoms with van der Waals surface area (Å²) < 4.78 is 0. The van der Waals surface area contributed by atoms with Gasteiger partial charge in [0, 0.05) is 0 Å². The maximum Gasteiger partial charge on any atom is 0.335 e. The Hall–Kier alpha value is -1.84. The van der Waals surface area contributed by atoms with Gasteiger partial charge in [-0.05, 0) is 24.6 Å². The second-order valence-corrected chi connectivity index (χ2v) is 3.30. The van der Waals surface area contributed by atoms with Gasteiger partial charge in [0.25, 0.3) is 0 Å². The summed E-state index contributed by atoms with van der Waals surface area (Å²) in [6.07, 6.45) is 1.25. The Balaban J connectivity index is 0.000000673. The average Bonchev–Trinajstić information content (AvgIpc) is 2.18. The molecule has 1 rings (SSSR count). The molecule has 0 atom stereocenters. The topological polar surface area (TPSA) is 74.6 Å². The van der Waals surface area contributed by atoms with Crippen molar-refractivity contribution in [2.75, 3.05) is 0 Å². The predicted molar refractivity (Wildman–Crippen MR) is 61.1 cm³/mol. The molecular weight excluding hydrogens is 208 g/mol. The summed E-state index contributed by atoms with van der Waals surface area (Å²) >= 11 is 0. The van der Waals surface area contributed by atoms with E-state index in [0.29, 0.717) is 0 Å². The summed E-state index contributed by atoms with van der Waals surface area (Å²) in [5.41, 5.74) is 0.335. The first-order valence-corrected chi connectivity index (χ1v) is 5.01. The van der Waals surface area contributed by atoms with Gasteiger partial charge < -0.3 is 10.2 Å². The molecule has 4 nitrogen and oxygen atoms in total. The third kappa shape index (κ3) is 3.73. The minimum Gasteiger partial charge on any atom is -0.478 e. The van der Waals surface area contributed by atoms with E-state index in [0.717, 1.165) is 0 Å². The molecule has 0 radical (unpaired) electrons. The van der Waals surface area contributed by atoms with Gasteiger partial charge in [-0.3, -0.25) is 0 Å². The Bertz CT molecular complexity index is 350. The summed E-state index contributed by atoms with van der Waals surface area (Å²) in [5, 5.41) is 17.4. The van der Waals surface area contributed by atoms with E-state index in [1.807, 2.05) is 0 Å². The SMILES string of the molecule is CCC.Cc1c(C(=O)O)cccc1C(=O)O. The summed E-state index contributed by atoms with van der Waals surface area (Å²) in [4.78, 5) is 21.2. The molecule has 0 bridgehead atoms.